The molecule has 1 aliphatic heterocycles. The fourth-order valence-electron chi connectivity index (χ4n) is 3.38. The predicted molar refractivity (Wildman–Crippen MR) is 116 cm³/mol. The molecule has 2 amide bonds. The van der Waals surface area contributed by atoms with Gasteiger partial charge in [-0.2, -0.15) is 18.3 Å². The Balaban J connectivity index is 1.83. The Morgan fingerprint density at radius 3 is 2.30 bits per heavy atom. The molecular weight excluding hydrogens is 439 g/mol. The Morgan fingerprint density at radius 1 is 1.12 bits per heavy atom. The van der Waals surface area contributed by atoms with Crippen molar-refractivity contribution in [1.82, 2.24) is 5.01 Å². The Morgan fingerprint density at radius 2 is 1.76 bits per heavy atom. The van der Waals surface area contributed by atoms with E-state index in [1.54, 1.807) is 31.2 Å². The maximum Gasteiger partial charge on any atom is 0.416 e. The van der Waals surface area contributed by atoms with Crippen molar-refractivity contribution in [2.45, 2.75) is 26.4 Å². The number of amides is 2. The van der Waals surface area contributed by atoms with Gasteiger partial charge in [0.25, 0.3) is 0 Å². The van der Waals surface area contributed by atoms with Crippen molar-refractivity contribution in [3.8, 4) is 5.75 Å². The van der Waals surface area contributed by atoms with Gasteiger partial charge in [0.2, 0.25) is 0 Å². The number of urea groups is 1. The standard InChI is InChI=1S/C23H24F3N3O4/c1-4-13-33-18-11-5-15(6-12-18)19-22(2,20(30)32-3)14-29(28-19)21(31)27-17-9-7-16(8-10-17)23(24,25)26/h5-12H,4,13-14H2,1-3H3,(H,27,31). The Bertz CT molecular complexity index is 1040. The molecule has 0 aliphatic carbocycles. The lowest BCUT2D eigenvalue weighted by molar-refractivity contribution is -0.147. The summed E-state index contributed by atoms with van der Waals surface area (Å²) in [4.78, 5) is 25.4. The first kappa shape index (κ1) is 24.1. The van der Waals surface area contributed by atoms with E-state index < -0.39 is 29.2 Å². The van der Waals surface area contributed by atoms with Crippen LogP contribution in [0.2, 0.25) is 0 Å². The van der Waals surface area contributed by atoms with Gasteiger partial charge in [-0.1, -0.05) is 6.92 Å². The molecule has 0 bridgehead atoms. The van der Waals surface area contributed by atoms with Crippen molar-refractivity contribution in [1.29, 1.82) is 0 Å². The zero-order valence-corrected chi connectivity index (χ0v) is 18.4. The van der Waals surface area contributed by atoms with Gasteiger partial charge in [0, 0.05) is 5.69 Å². The number of halogens is 3. The smallest absolute Gasteiger partial charge is 0.416 e. The van der Waals surface area contributed by atoms with Gasteiger partial charge in [-0.15, -0.1) is 0 Å². The molecule has 0 fully saturated rings. The summed E-state index contributed by atoms with van der Waals surface area (Å²) in [5.74, 6) is 0.0910. The number of rotatable bonds is 6. The van der Waals surface area contributed by atoms with Crippen molar-refractivity contribution >= 4 is 23.4 Å². The van der Waals surface area contributed by atoms with Crippen LogP contribution in [-0.4, -0.2) is 43.0 Å². The molecule has 0 spiro atoms. The zero-order valence-electron chi connectivity index (χ0n) is 18.4. The molecule has 1 heterocycles. The van der Waals surface area contributed by atoms with Crippen molar-refractivity contribution in [3.05, 3.63) is 59.7 Å². The molecule has 1 aliphatic rings. The molecule has 0 radical (unpaired) electrons. The van der Waals surface area contributed by atoms with Crippen LogP contribution in [0.1, 0.15) is 31.4 Å². The Labute approximate surface area is 189 Å². The van der Waals surface area contributed by atoms with Crippen LogP contribution < -0.4 is 10.1 Å². The number of nitrogens with zero attached hydrogens (tertiary/aromatic N) is 2. The van der Waals surface area contributed by atoms with Crippen molar-refractivity contribution in [2.75, 3.05) is 25.6 Å². The van der Waals surface area contributed by atoms with Gasteiger partial charge in [-0.25, -0.2) is 9.80 Å². The van der Waals surface area contributed by atoms with E-state index in [9.17, 15) is 22.8 Å². The second-order valence-corrected chi connectivity index (χ2v) is 7.71. The van der Waals surface area contributed by atoms with Gasteiger partial charge in [0.15, 0.2) is 0 Å². The van der Waals surface area contributed by atoms with Crippen LogP contribution in [0.25, 0.3) is 0 Å². The van der Waals surface area contributed by atoms with Gasteiger partial charge < -0.3 is 14.8 Å². The number of hydrogen-bond donors (Lipinski definition) is 1. The van der Waals surface area contributed by atoms with E-state index in [1.807, 2.05) is 6.92 Å². The lowest BCUT2D eigenvalue weighted by Crippen LogP contribution is -2.42. The highest BCUT2D eigenvalue weighted by molar-refractivity contribution is 6.17. The maximum absolute atomic E-state index is 12.8. The summed E-state index contributed by atoms with van der Waals surface area (Å²) in [6.07, 6.45) is -3.62. The third-order valence-electron chi connectivity index (χ3n) is 5.14. The third kappa shape index (κ3) is 5.27. The predicted octanol–water partition coefficient (Wildman–Crippen LogP) is 4.93. The third-order valence-corrected chi connectivity index (χ3v) is 5.14. The van der Waals surface area contributed by atoms with E-state index in [4.69, 9.17) is 9.47 Å². The average Bonchev–Trinajstić information content (AvgIpc) is 3.16. The average molecular weight is 463 g/mol. The summed E-state index contributed by atoms with van der Waals surface area (Å²) in [6.45, 7) is 4.08. The summed E-state index contributed by atoms with van der Waals surface area (Å²) < 4.78 is 48.8. The van der Waals surface area contributed by atoms with E-state index >= 15 is 0 Å². The Hall–Kier alpha value is -3.56. The SMILES string of the molecule is CCCOc1ccc(C2=NN(C(=O)Nc3ccc(C(F)(F)F)cc3)CC2(C)C(=O)OC)cc1. The number of hydrogen-bond acceptors (Lipinski definition) is 5. The van der Waals surface area contributed by atoms with Gasteiger partial charge in [0.1, 0.15) is 11.2 Å². The molecule has 3 rings (SSSR count). The molecule has 2 aromatic carbocycles. The maximum atomic E-state index is 12.8. The topological polar surface area (TPSA) is 80.2 Å². The van der Waals surface area contributed by atoms with Crippen LogP contribution >= 0.6 is 0 Å². The minimum absolute atomic E-state index is 0.102. The molecule has 0 saturated carbocycles. The number of benzene rings is 2. The van der Waals surface area contributed by atoms with E-state index in [0.717, 1.165) is 35.7 Å². The molecule has 2 aromatic rings. The highest BCUT2D eigenvalue weighted by Crippen LogP contribution is 2.34. The van der Waals surface area contributed by atoms with E-state index in [-0.39, 0.29) is 12.2 Å². The lowest BCUT2D eigenvalue weighted by atomic mass is 9.82. The van der Waals surface area contributed by atoms with Crippen LogP contribution in [0, 0.1) is 5.41 Å². The molecule has 7 nitrogen and oxygen atoms in total. The first-order valence-corrected chi connectivity index (χ1v) is 10.2. The lowest BCUT2D eigenvalue weighted by Gasteiger charge is -2.23. The summed E-state index contributed by atoms with van der Waals surface area (Å²) in [5.41, 5.74) is -0.964. The number of esters is 1. The van der Waals surface area contributed by atoms with E-state index in [1.165, 1.54) is 7.11 Å². The number of ether oxygens (including phenoxy) is 2. The first-order chi connectivity index (χ1) is 15.6. The molecule has 176 valence electrons. The largest absolute Gasteiger partial charge is 0.494 e. The van der Waals surface area contributed by atoms with Gasteiger partial charge in [-0.3, -0.25) is 4.79 Å². The van der Waals surface area contributed by atoms with E-state index in [2.05, 4.69) is 10.4 Å². The fraction of sp³-hybridized carbons (Fsp3) is 0.348. The summed E-state index contributed by atoms with van der Waals surface area (Å²) >= 11 is 0. The highest BCUT2D eigenvalue weighted by Gasteiger charge is 2.48. The molecule has 1 N–H and O–H groups in total. The minimum Gasteiger partial charge on any atom is -0.494 e. The summed E-state index contributed by atoms with van der Waals surface area (Å²) in [7, 11) is 1.25. The minimum atomic E-state index is -4.48. The van der Waals surface area contributed by atoms with Gasteiger partial charge >= 0.3 is 18.2 Å². The summed E-state index contributed by atoms with van der Waals surface area (Å²) in [5, 5.41) is 7.90. The molecule has 1 atom stereocenters. The van der Waals surface area contributed by atoms with Crippen LogP contribution in [0.15, 0.2) is 53.6 Å². The fourth-order valence-corrected chi connectivity index (χ4v) is 3.38. The van der Waals surface area contributed by atoms with Crippen LogP contribution in [0.5, 0.6) is 5.75 Å². The molecule has 33 heavy (non-hydrogen) atoms. The molecule has 0 saturated heterocycles. The number of alkyl halides is 3. The van der Waals surface area contributed by atoms with Crippen molar-refractivity contribution < 1.29 is 32.2 Å². The zero-order chi connectivity index (χ0) is 24.2. The number of carbonyl (C=O) groups excluding carboxylic acids is 2. The number of methoxy groups -OCH3 is 1. The number of carbonyl (C=O) groups is 2. The molecule has 1 unspecified atom stereocenters. The van der Waals surface area contributed by atoms with Crippen molar-refractivity contribution in [3.63, 3.8) is 0 Å². The Kier molecular flexibility index (Phi) is 6.95. The molecule has 10 heteroatoms. The van der Waals surface area contributed by atoms with Crippen LogP contribution in [-0.2, 0) is 15.7 Å². The molecular formula is C23H24F3N3O4. The second kappa shape index (κ2) is 9.51. The highest BCUT2D eigenvalue weighted by atomic mass is 19.4. The second-order valence-electron chi connectivity index (χ2n) is 7.71. The monoisotopic (exact) mass is 463 g/mol. The van der Waals surface area contributed by atoms with E-state index in [0.29, 0.717) is 23.6 Å². The number of hydrazone groups is 1. The number of nitrogens with one attached hydrogen (secondary N) is 1. The quantitative estimate of drug-likeness (QED) is 0.617. The van der Waals surface area contributed by atoms with Crippen LogP contribution in [0.3, 0.4) is 0 Å². The van der Waals surface area contributed by atoms with Gasteiger partial charge in [0.05, 0.1) is 31.5 Å². The van der Waals surface area contributed by atoms with Crippen molar-refractivity contribution in [2.24, 2.45) is 10.5 Å². The first-order valence-electron chi connectivity index (χ1n) is 10.2. The number of anilines is 1. The molecule has 0 aromatic heterocycles. The normalized spacial score (nSPS) is 18.0. The van der Waals surface area contributed by atoms with Crippen LogP contribution in [0.4, 0.5) is 23.7 Å². The summed E-state index contributed by atoms with van der Waals surface area (Å²) in [6, 6.07) is 10.3. The van der Waals surface area contributed by atoms with Gasteiger partial charge in [-0.05, 0) is 67.4 Å².